The van der Waals surface area contributed by atoms with Gasteiger partial charge in [-0.2, -0.15) is 0 Å². The fourth-order valence-electron chi connectivity index (χ4n) is 2.51. The fraction of sp³-hybridized carbons (Fsp3) is 0.471. The first-order chi connectivity index (χ1) is 10.7. The average molecular weight is 304 g/mol. The Morgan fingerprint density at radius 2 is 2.36 bits per heavy atom. The Morgan fingerprint density at radius 1 is 1.50 bits per heavy atom. The van der Waals surface area contributed by atoms with Gasteiger partial charge in [0.2, 0.25) is 0 Å². The van der Waals surface area contributed by atoms with Crippen LogP contribution in [0, 0.1) is 5.92 Å². The molecular weight excluding hydrogens is 280 g/mol. The second kappa shape index (κ2) is 8.44. The van der Waals surface area contributed by atoms with Crippen LogP contribution < -0.4 is 20.1 Å². The molecule has 1 aromatic rings. The maximum Gasteiger partial charge on any atom is 0.251 e. The van der Waals surface area contributed by atoms with Crippen molar-refractivity contribution in [3.8, 4) is 11.5 Å². The number of rotatable bonds is 7. The molecule has 1 fully saturated rings. The van der Waals surface area contributed by atoms with Gasteiger partial charge in [-0.3, -0.25) is 4.79 Å². The lowest BCUT2D eigenvalue weighted by Gasteiger charge is -2.22. The predicted octanol–water partition coefficient (Wildman–Crippen LogP) is 1.99. The zero-order valence-electron chi connectivity index (χ0n) is 13.1. The molecule has 2 rings (SSSR count). The zero-order chi connectivity index (χ0) is 15.8. The van der Waals surface area contributed by atoms with Crippen molar-refractivity contribution in [2.75, 3.05) is 33.4 Å². The molecule has 1 amide bonds. The molecule has 0 spiro atoms. The summed E-state index contributed by atoms with van der Waals surface area (Å²) in [6, 6.07) is 5.20. The zero-order valence-corrected chi connectivity index (χ0v) is 13.1. The van der Waals surface area contributed by atoms with Gasteiger partial charge in [-0.25, -0.2) is 0 Å². The smallest absolute Gasteiger partial charge is 0.251 e. The lowest BCUT2D eigenvalue weighted by molar-refractivity contribution is 0.0944. The summed E-state index contributed by atoms with van der Waals surface area (Å²) in [7, 11) is 1.56. The van der Waals surface area contributed by atoms with E-state index in [1.165, 1.54) is 6.42 Å². The van der Waals surface area contributed by atoms with Crippen molar-refractivity contribution in [1.82, 2.24) is 10.6 Å². The van der Waals surface area contributed by atoms with E-state index in [0.29, 0.717) is 36.1 Å². The Bertz CT molecular complexity index is 511. The van der Waals surface area contributed by atoms with Gasteiger partial charge < -0.3 is 20.1 Å². The molecule has 1 unspecified atom stereocenters. The molecule has 0 aromatic heterocycles. The van der Waals surface area contributed by atoms with Gasteiger partial charge in [0.1, 0.15) is 6.61 Å². The lowest BCUT2D eigenvalue weighted by atomic mass is 9.99. The van der Waals surface area contributed by atoms with E-state index in [2.05, 4.69) is 17.2 Å². The first-order valence-electron chi connectivity index (χ1n) is 7.65. The highest BCUT2D eigenvalue weighted by Crippen LogP contribution is 2.28. The third kappa shape index (κ3) is 4.49. The van der Waals surface area contributed by atoms with Gasteiger partial charge in [0.15, 0.2) is 11.5 Å². The quantitative estimate of drug-likeness (QED) is 0.756. The minimum atomic E-state index is -0.0841. The van der Waals surface area contributed by atoms with E-state index >= 15 is 0 Å². The van der Waals surface area contributed by atoms with Gasteiger partial charge in [-0.1, -0.05) is 12.7 Å². The molecule has 120 valence electrons. The third-order valence-electron chi connectivity index (χ3n) is 3.73. The number of methoxy groups -OCH3 is 1. The van der Waals surface area contributed by atoms with Crippen molar-refractivity contribution < 1.29 is 14.3 Å². The summed E-state index contributed by atoms with van der Waals surface area (Å²) in [6.45, 7) is 6.75. The first kappa shape index (κ1) is 16.4. The molecule has 1 aliphatic heterocycles. The van der Waals surface area contributed by atoms with Gasteiger partial charge in [-0.05, 0) is 50.0 Å². The summed E-state index contributed by atoms with van der Waals surface area (Å²) in [4.78, 5) is 12.2. The lowest BCUT2D eigenvalue weighted by Crippen LogP contribution is -2.38. The van der Waals surface area contributed by atoms with Crippen LogP contribution in [0.3, 0.4) is 0 Å². The van der Waals surface area contributed by atoms with Crippen LogP contribution in [0.25, 0.3) is 0 Å². The minimum Gasteiger partial charge on any atom is -0.493 e. The molecule has 1 aliphatic rings. The van der Waals surface area contributed by atoms with E-state index in [0.717, 1.165) is 19.5 Å². The van der Waals surface area contributed by atoms with Crippen LogP contribution in [-0.4, -0.2) is 39.3 Å². The Labute approximate surface area is 131 Å². The Hall–Kier alpha value is -2.01. The Kier molecular flexibility index (Phi) is 6.27. The number of ether oxygens (including phenoxy) is 2. The highest BCUT2D eigenvalue weighted by Gasteiger charge is 2.15. The van der Waals surface area contributed by atoms with Crippen LogP contribution in [-0.2, 0) is 0 Å². The maximum atomic E-state index is 12.2. The molecule has 0 saturated carbocycles. The van der Waals surface area contributed by atoms with Crippen molar-refractivity contribution in [2.45, 2.75) is 12.8 Å². The molecule has 5 heteroatoms. The number of hydrogen-bond donors (Lipinski definition) is 2. The third-order valence-corrected chi connectivity index (χ3v) is 3.73. The van der Waals surface area contributed by atoms with Gasteiger partial charge >= 0.3 is 0 Å². The van der Waals surface area contributed by atoms with E-state index in [9.17, 15) is 4.79 Å². The summed E-state index contributed by atoms with van der Waals surface area (Å²) < 4.78 is 10.8. The normalized spacial score (nSPS) is 17.6. The number of hydrogen-bond acceptors (Lipinski definition) is 4. The number of piperidine rings is 1. The van der Waals surface area contributed by atoms with E-state index < -0.39 is 0 Å². The molecule has 0 aliphatic carbocycles. The SMILES string of the molecule is C=CCOc1ccc(C(=O)NCC2CCCNC2)cc1OC. The maximum absolute atomic E-state index is 12.2. The topological polar surface area (TPSA) is 59.6 Å². The molecule has 0 radical (unpaired) electrons. The molecular formula is C17H24N2O3. The van der Waals surface area contributed by atoms with Crippen LogP contribution in [0.1, 0.15) is 23.2 Å². The standard InChI is InChI=1S/C17H24N2O3/c1-3-9-22-15-7-6-14(10-16(15)21-2)17(20)19-12-13-5-4-8-18-11-13/h3,6-7,10,13,18H,1,4-5,8-9,11-12H2,2H3,(H,19,20). The molecule has 5 nitrogen and oxygen atoms in total. The number of nitrogens with one attached hydrogen (secondary N) is 2. The Balaban J connectivity index is 1.95. The summed E-state index contributed by atoms with van der Waals surface area (Å²) in [5, 5.41) is 6.34. The van der Waals surface area contributed by atoms with Crippen molar-refractivity contribution in [1.29, 1.82) is 0 Å². The average Bonchev–Trinajstić information content (AvgIpc) is 2.58. The molecule has 22 heavy (non-hydrogen) atoms. The van der Waals surface area contributed by atoms with Crippen molar-refractivity contribution in [3.63, 3.8) is 0 Å². The molecule has 1 atom stereocenters. The van der Waals surface area contributed by atoms with E-state index in [4.69, 9.17) is 9.47 Å². The molecule has 1 aromatic carbocycles. The largest absolute Gasteiger partial charge is 0.493 e. The molecule has 0 bridgehead atoms. The molecule has 1 heterocycles. The highest BCUT2D eigenvalue weighted by molar-refractivity contribution is 5.94. The van der Waals surface area contributed by atoms with Gasteiger partial charge in [-0.15, -0.1) is 0 Å². The van der Waals surface area contributed by atoms with Crippen LogP contribution >= 0.6 is 0 Å². The van der Waals surface area contributed by atoms with Crippen molar-refractivity contribution in [2.24, 2.45) is 5.92 Å². The predicted molar refractivity (Wildman–Crippen MR) is 86.6 cm³/mol. The van der Waals surface area contributed by atoms with E-state index in [1.807, 2.05) is 0 Å². The van der Waals surface area contributed by atoms with E-state index in [1.54, 1.807) is 31.4 Å². The second-order valence-corrected chi connectivity index (χ2v) is 5.39. The first-order valence-corrected chi connectivity index (χ1v) is 7.65. The summed E-state index contributed by atoms with van der Waals surface area (Å²) in [6.07, 6.45) is 3.99. The van der Waals surface area contributed by atoms with Gasteiger partial charge in [0.05, 0.1) is 7.11 Å². The highest BCUT2D eigenvalue weighted by atomic mass is 16.5. The molecule has 1 saturated heterocycles. The van der Waals surface area contributed by atoms with Gasteiger partial charge in [0.25, 0.3) is 5.91 Å². The fourth-order valence-corrected chi connectivity index (χ4v) is 2.51. The Morgan fingerprint density at radius 3 is 3.05 bits per heavy atom. The monoisotopic (exact) mass is 304 g/mol. The second-order valence-electron chi connectivity index (χ2n) is 5.39. The number of benzene rings is 1. The molecule has 2 N–H and O–H groups in total. The summed E-state index contributed by atoms with van der Waals surface area (Å²) >= 11 is 0. The number of carbonyl (C=O) groups is 1. The van der Waals surface area contributed by atoms with Crippen LogP contribution in [0.4, 0.5) is 0 Å². The summed E-state index contributed by atoms with van der Waals surface area (Å²) in [5.74, 6) is 1.58. The van der Waals surface area contributed by atoms with Crippen molar-refractivity contribution >= 4 is 5.91 Å². The number of carbonyl (C=O) groups excluding carboxylic acids is 1. The summed E-state index contributed by atoms with van der Waals surface area (Å²) in [5.41, 5.74) is 0.576. The van der Waals surface area contributed by atoms with Crippen LogP contribution in [0.15, 0.2) is 30.9 Å². The van der Waals surface area contributed by atoms with Gasteiger partial charge in [0, 0.05) is 12.1 Å². The van der Waals surface area contributed by atoms with Crippen molar-refractivity contribution in [3.05, 3.63) is 36.4 Å². The van der Waals surface area contributed by atoms with Crippen LogP contribution in [0.5, 0.6) is 11.5 Å². The van der Waals surface area contributed by atoms with E-state index in [-0.39, 0.29) is 5.91 Å². The number of amides is 1. The minimum absolute atomic E-state index is 0.0841. The van der Waals surface area contributed by atoms with Crippen LogP contribution in [0.2, 0.25) is 0 Å².